The first-order valence-corrected chi connectivity index (χ1v) is 7.28. The van der Waals surface area contributed by atoms with Crippen molar-refractivity contribution in [2.75, 3.05) is 19.6 Å². The molecule has 3 fully saturated rings. The average Bonchev–Trinajstić information content (AvgIpc) is 2.77. The van der Waals surface area contributed by atoms with Crippen LogP contribution in [0.3, 0.4) is 0 Å². The molecular formula is C14H26N2. The van der Waals surface area contributed by atoms with E-state index >= 15 is 0 Å². The summed E-state index contributed by atoms with van der Waals surface area (Å²) in [4.78, 5) is 2.78. The molecular weight excluding hydrogens is 196 g/mol. The van der Waals surface area contributed by atoms with Gasteiger partial charge in [-0.15, -0.1) is 0 Å². The molecule has 1 heterocycles. The summed E-state index contributed by atoms with van der Waals surface area (Å²) in [5.41, 5.74) is 6.55. The molecule has 16 heavy (non-hydrogen) atoms. The van der Waals surface area contributed by atoms with Gasteiger partial charge in [0.15, 0.2) is 0 Å². The molecule has 0 bridgehead atoms. The normalized spacial score (nSPS) is 38.8. The Morgan fingerprint density at radius 1 is 1.06 bits per heavy atom. The molecule has 0 aromatic rings. The number of nitrogens with zero attached hydrogens (tertiary/aromatic N) is 1. The lowest BCUT2D eigenvalue weighted by Crippen LogP contribution is -2.55. The molecule has 92 valence electrons. The molecule has 3 rings (SSSR count). The molecule has 2 aliphatic carbocycles. The minimum absolute atomic E-state index is 0.752. The van der Waals surface area contributed by atoms with Crippen LogP contribution in [0.2, 0.25) is 0 Å². The number of nitrogens with two attached hydrogens (primary N) is 1. The Kier molecular flexibility index (Phi) is 2.97. The van der Waals surface area contributed by atoms with E-state index in [0.29, 0.717) is 0 Å². The zero-order chi connectivity index (χ0) is 11.0. The zero-order valence-electron chi connectivity index (χ0n) is 10.5. The summed E-state index contributed by atoms with van der Waals surface area (Å²) in [6.45, 7) is 3.52. The van der Waals surface area contributed by atoms with Crippen LogP contribution in [0.4, 0.5) is 0 Å². The van der Waals surface area contributed by atoms with Crippen molar-refractivity contribution in [3.63, 3.8) is 0 Å². The minimum Gasteiger partial charge on any atom is -0.330 e. The van der Waals surface area contributed by atoms with Crippen LogP contribution < -0.4 is 5.73 Å². The van der Waals surface area contributed by atoms with Gasteiger partial charge in [0.25, 0.3) is 0 Å². The Balaban J connectivity index is 1.63. The van der Waals surface area contributed by atoms with Gasteiger partial charge in [-0.05, 0) is 56.5 Å². The van der Waals surface area contributed by atoms with Crippen molar-refractivity contribution in [3.8, 4) is 0 Å². The standard InChI is InChI=1S/C14H26N2/c15-10-12-5-9-16(11-12)13-4-8-14(13)6-2-1-3-7-14/h12-13H,1-11,15H2. The molecule has 1 saturated heterocycles. The van der Waals surface area contributed by atoms with Crippen LogP contribution in [0.5, 0.6) is 0 Å². The Morgan fingerprint density at radius 3 is 2.44 bits per heavy atom. The summed E-state index contributed by atoms with van der Waals surface area (Å²) in [5, 5.41) is 0. The Morgan fingerprint density at radius 2 is 1.88 bits per heavy atom. The molecule has 2 nitrogen and oxygen atoms in total. The highest BCUT2D eigenvalue weighted by molar-refractivity contribution is 5.04. The summed E-state index contributed by atoms with van der Waals surface area (Å²) in [6, 6.07) is 0.935. The first kappa shape index (κ1) is 11.0. The molecule has 1 spiro atoms. The van der Waals surface area contributed by atoms with E-state index in [4.69, 9.17) is 5.73 Å². The second-order valence-electron chi connectivity index (χ2n) is 6.36. The topological polar surface area (TPSA) is 29.3 Å². The molecule has 0 aromatic heterocycles. The summed E-state index contributed by atoms with van der Waals surface area (Å²) in [7, 11) is 0. The Hall–Kier alpha value is -0.0800. The third kappa shape index (κ3) is 1.70. The maximum absolute atomic E-state index is 5.80. The van der Waals surface area contributed by atoms with Gasteiger partial charge < -0.3 is 5.73 Å². The van der Waals surface area contributed by atoms with Gasteiger partial charge in [0.05, 0.1) is 0 Å². The second kappa shape index (κ2) is 4.30. The fourth-order valence-corrected chi connectivity index (χ4v) is 4.43. The van der Waals surface area contributed by atoms with E-state index in [0.717, 1.165) is 23.9 Å². The fourth-order valence-electron chi connectivity index (χ4n) is 4.43. The molecule has 0 radical (unpaired) electrons. The number of rotatable bonds is 2. The molecule has 0 aromatic carbocycles. The summed E-state index contributed by atoms with van der Waals surface area (Å²) in [5.74, 6) is 0.793. The Labute approximate surface area is 99.6 Å². The summed E-state index contributed by atoms with van der Waals surface area (Å²) >= 11 is 0. The number of hydrogen-bond donors (Lipinski definition) is 1. The van der Waals surface area contributed by atoms with Gasteiger partial charge >= 0.3 is 0 Å². The summed E-state index contributed by atoms with van der Waals surface area (Å²) in [6.07, 6.45) is 11.8. The van der Waals surface area contributed by atoms with Crippen molar-refractivity contribution >= 4 is 0 Å². The van der Waals surface area contributed by atoms with Gasteiger partial charge in [-0.1, -0.05) is 19.3 Å². The van der Waals surface area contributed by atoms with Gasteiger partial charge in [-0.25, -0.2) is 0 Å². The lowest BCUT2D eigenvalue weighted by Gasteiger charge is -2.55. The molecule has 2 N–H and O–H groups in total. The Bertz CT molecular complexity index is 245. The maximum Gasteiger partial charge on any atom is 0.0152 e. The maximum atomic E-state index is 5.80. The lowest BCUT2D eigenvalue weighted by molar-refractivity contribution is -0.0443. The van der Waals surface area contributed by atoms with E-state index in [1.54, 1.807) is 0 Å². The largest absolute Gasteiger partial charge is 0.330 e. The van der Waals surface area contributed by atoms with Crippen LogP contribution >= 0.6 is 0 Å². The van der Waals surface area contributed by atoms with E-state index in [2.05, 4.69) is 4.90 Å². The quantitative estimate of drug-likeness (QED) is 0.777. The van der Waals surface area contributed by atoms with E-state index in [9.17, 15) is 0 Å². The van der Waals surface area contributed by atoms with E-state index < -0.39 is 0 Å². The van der Waals surface area contributed by atoms with Crippen molar-refractivity contribution in [2.45, 2.75) is 57.4 Å². The van der Waals surface area contributed by atoms with E-state index in [-0.39, 0.29) is 0 Å². The third-order valence-electron chi connectivity index (χ3n) is 5.56. The molecule has 0 amide bonds. The fraction of sp³-hybridized carbons (Fsp3) is 1.00. The van der Waals surface area contributed by atoms with Crippen LogP contribution in [0.1, 0.15) is 51.4 Å². The second-order valence-corrected chi connectivity index (χ2v) is 6.36. The van der Waals surface area contributed by atoms with Gasteiger partial charge in [0.1, 0.15) is 0 Å². The highest BCUT2D eigenvalue weighted by Gasteiger charge is 2.50. The SMILES string of the molecule is NCC1CCN(C2CCC23CCCCC3)C1. The summed E-state index contributed by atoms with van der Waals surface area (Å²) < 4.78 is 0. The van der Waals surface area contributed by atoms with Crippen molar-refractivity contribution in [1.29, 1.82) is 0 Å². The molecule has 1 aliphatic heterocycles. The molecule has 2 heteroatoms. The van der Waals surface area contributed by atoms with Crippen LogP contribution in [0.25, 0.3) is 0 Å². The lowest BCUT2D eigenvalue weighted by atomic mass is 9.57. The van der Waals surface area contributed by atoms with Crippen LogP contribution in [-0.4, -0.2) is 30.6 Å². The van der Waals surface area contributed by atoms with E-state index in [1.165, 1.54) is 64.5 Å². The van der Waals surface area contributed by atoms with Crippen molar-refractivity contribution in [2.24, 2.45) is 17.1 Å². The van der Waals surface area contributed by atoms with Crippen LogP contribution in [0, 0.1) is 11.3 Å². The first-order valence-electron chi connectivity index (χ1n) is 7.28. The monoisotopic (exact) mass is 222 g/mol. The highest BCUT2D eigenvalue weighted by Crippen LogP contribution is 2.54. The molecule has 2 unspecified atom stereocenters. The van der Waals surface area contributed by atoms with Crippen LogP contribution in [-0.2, 0) is 0 Å². The third-order valence-corrected chi connectivity index (χ3v) is 5.56. The minimum atomic E-state index is 0.752. The number of likely N-dealkylation sites (tertiary alicyclic amines) is 1. The van der Waals surface area contributed by atoms with Crippen molar-refractivity contribution < 1.29 is 0 Å². The highest BCUT2D eigenvalue weighted by atomic mass is 15.2. The van der Waals surface area contributed by atoms with Gasteiger partial charge in [0, 0.05) is 12.6 Å². The van der Waals surface area contributed by atoms with Crippen LogP contribution in [0.15, 0.2) is 0 Å². The number of hydrogen-bond acceptors (Lipinski definition) is 2. The average molecular weight is 222 g/mol. The molecule has 2 saturated carbocycles. The predicted octanol–water partition coefficient (Wildman–Crippen LogP) is 2.38. The van der Waals surface area contributed by atoms with Crippen molar-refractivity contribution in [1.82, 2.24) is 4.90 Å². The van der Waals surface area contributed by atoms with Gasteiger partial charge in [-0.3, -0.25) is 4.90 Å². The predicted molar refractivity (Wildman–Crippen MR) is 67.3 cm³/mol. The van der Waals surface area contributed by atoms with Gasteiger partial charge in [0.2, 0.25) is 0 Å². The first-order chi connectivity index (χ1) is 7.84. The molecule has 3 aliphatic rings. The smallest absolute Gasteiger partial charge is 0.0152 e. The van der Waals surface area contributed by atoms with Crippen molar-refractivity contribution in [3.05, 3.63) is 0 Å². The van der Waals surface area contributed by atoms with E-state index in [1.807, 2.05) is 0 Å². The van der Waals surface area contributed by atoms with Gasteiger partial charge in [-0.2, -0.15) is 0 Å². The molecule has 2 atom stereocenters. The zero-order valence-corrected chi connectivity index (χ0v) is 10.5.